The third kappa shape index (κ3) is 4.75. The molecule has 0 aliphatic heterocycles. The Morgan fingerprint density at radius 1 is 0.914 bits per heavy atom. The van der Waals surface area contributed by atoms with Crippen molar-refractivity contribution in [1.29, 1.82) is 0 Å². The number of hydrogen-bond acceptors (Lipinski definition) is 1. The van der Waals surface area contributed by atoms with Crippen molar-refractivity contribution >= 4 is 0 Å². The molecule has 1 nitrogen and oxygen atoms in total. The molecule has 4 aliphatic carbocycles. The van der Waals surface area contributed by atoms with Gasteiger partial charge in [-0.25, -0.2) is 0 Å². The van der Waals surface area contributed by atoms with Gasteiger partial charge in [0.15, 0.2) is 0 Å². The van der Waals surface area contributed by atoms with E-state index >= 15 is 0 Å². The van der Waals surface area contributed by atoms with E-state index in [1.807, 2.05) is 0 Å². The van der Waals surface area contributed by atoms with Crippen molar-refractivity contribution in [3.05, 3.63) is 41.5 Å². The lowest BCUT2D eigenvalue weighted by Gasteiger charge is -2.58. The average molecular weight is 477 g/mol. The van der Waals surface area contributed by atoms with Gasteiger partial charge in [-0.1, -0.05) is 83.2 Å². The van der Waals surface area contributed by atoms with E-state index < -0.39 is 0 Å². The zero-order chi connectivity index (χ0) is 24.8. The van der Waals surface area contributed by atoms with Crippen LogP contribution in [0.25, 0.3) is 0 Å². The number of benzene rings is 1. The first kappa shape index (κ1) is 25.4. The van der Waals surface area contributed by atoms with Gasteiger partial charge in [-0.2, -0.15) is 0 Å². The predicted octanol–water partition coefficient (Wildman–Crippen LogP) is 9.78. The molecule has 0 amide bonds. The molecule has 0 radical (unpaired) electrons. The monoisotopic (exact) mass is 476 g/mol. The highest BCUT2D eigenvalue weighted by atomic mass is 16.5. The molecule has 3 saturated carbocycles. The highest BCUT2D eigenvalue weighted by molar-refractivity contribution is 5.29. The molecule has 1 aromatic carbocycles. The van der Waals surface area contributed by atoms with Crippen molar-refractivity contribution in [3.8, 4) is 5.75 Å². The lowest BCUT2D eigenvalue weighted by Crippen LogP contribution is -2.51. The van der Waals surface area contributed by atoms with E-state index in [0.717, 1.165) is 47.7 Å². The normalized spacial score (nSPS) is 39.4. The second-order valence-corrected chi connectivity index (χ2v) is 14.1. The highest BCUT2D eigenvalue weighted by Gasteiger charge is 2.59. The van der Waals surface area contributed by atoms with Crippen LogP contribution in [0.15, 0.2) is 35.9 Å². The van der Waals surface area contributed by atoms with E-state index in [1.54, 1.807) is 5.57 Å². The van der Waals surface area contributed by atoms with Gasteiger partial charge in [-0.15, -0.1) is 0 Å². The molecule has 0 spiro atoms. The molecule has 194 valence electrons. The van der Waals surface area contributed by atoms with Gasteiger partial charge in [0.05, 0.1) is 0 Å². The van der Waals surface area contributed by atoms with Gasteiger partial charge in [0.2, 0.25) is 0 Å². The molecular weight excluding hydrogens is 424 g/mol. The van der Waals surface area contributed by atoms with Crippen molar-refractivity contribution in [2.45, 2.75) is 118 Å². The first-order valence-corrected chi connectivity index (χ1v) is 15.1. The summed E-state index contributed by atoms with van der Waals surface area (Å²) in [6.45, 7) is 14.9. The van der Waals surface area contributed by atoms with E-state index in [0.29, 0.717) is 16.9 Å². The second-order valence-electron chi connectivity index (χ2n) is 14.1. The van der Waals surface area contributed by atoms with Crippen LogP contribution in [-0.2, 0) is 0 Å². The minimum absolute atomic E-state index is 0.352. The van der Waals surface area contributed by atoms with E-state index in [2.05, 4.69) is 71.9 Å². The molecular formula is C34H52O. The van der Waals surface area contributed by atoms with Crippen LogP contribution >= 0.6 is 0 Å². The van der Waals surface area contributed by atoms with E-state index in [-0.39, 0.29) is 0 Å². The van der Waals surface area contributed by atoms with Gasteiger partial charge in [0, 0.05) is 6.42 Å². The van der Waals surface area contributed by atoms with Gasteiger partial charge < -0.3 is 4.74 Å². The zero-order valence-electron chi connectivity index (χ0n) is 23.6. The standard InChI is InChI=1S/C34H52O/c1-23(2)8-7-9-25(4)30-16-17-31-29-15-12-26-22-28(35-27-13-10-24(3)11-14-27)18-20-33(26,5)32(29)19-21-34(30,31)6/h10-14,23,25,28-32H,7-9,15-22H2,1-6H3/t25-,28+,29+,30-,31+,32-,33+,34-/m1/s1. The Kier molecular flexibility index (Phi) is 7.19. The maximum absolute atomic E-state index is 6.47. The molecule has 0 bridgehead atoms. The Morgan fingerprint density at radius 2 is 1.69 bits per heavy atom. The maximum Gasteiger partial charge on any atom is 0.119 e. The number of fused-ring (bicyclic) bond motifs is 5. The quantitative estimate of drug-likeness (QED) is 0.356. The summed E-state index contributed by atoms with van der Waals surface area (Å²) in [4.78, 5) is 0. The summed E-state index contributed by atoms with van der Waals surface area (Å²) in [5.41, 5.74) is 4.05. The SMILES string of the molecule is Cc1ccc(O[C@H]2CC[C@@]3(C)C(=CC[C@@H]4[C@H]3CC[C@]3(C)[C@@H]([C@H](C)CCCC(C)C)CC[C@@H]43)C2)cc1. The van der Waals surface area contributed by atoms with Crippen LogP contribution in [0.2, 0.25) is 0 Å². The van der Waals surface area contributed by atoms with Gasteiger partial charge in [-0.3, -0.25) is 0 Å². The van der Waals surface area contributed by atoms with Crippen LogP contribution in [-0.4, -0.2) is 6.10 Å². The Hall–Kier alpha value is -1.24. The molecule has 1 heteroatoms. The zero-order valence-corrected chi connectivity index (χ0v) is 23.6. The molecule has 1 aromatic rings. The van der Waals surface area contributed by atoms with E-state index in [4.69, 9.17) is 4.74 Å². The van der Waals surface area contributed by atoms with E-state index in [1.165, 1.54) is 69.8 Å². The minimum Gasteiger partial charge on any atom is -0.490 e. The fourth-order valence-corrected chi connectivity index (χ4v) is 9.56. The van der Waals surface area contributed by atoms with Gasteiger partial charge in [0.25, 0.3) is 0 Å². The average Bonchev–Trinajstić information content (AvgIpc) is 3.18. The summed E-state index contributed by atoms with van der Waals surface area (Å²) in [7, 11) is 0. The summed E-state index contributed by atoms with van der Waals surface area (Å²) in [6, 6.07) is 8.64. The van der Waals surface area contributed by atoms with E-state index in [9.17, 15) is 0 Å². The Balaban J connectivity index is 1.26. The first-order chi connectivity index (χ1) is 16.7. The van der Waals surface area contributed by atoms with Crippen molar-refractivity contribution in [2.75, 3.05) is 0 Å². The fourth-order valence-electron chi connectivity index (χ4n) is 9.56. The lowest BCUT2D eigenvalue weighted by molar-refractivity contribution is -0.0559. The summed E-state index contributed by atoms with van der Waals surface area (Å²) in [5.74, 6) is 6.53. The third-order valence-electron chi connectivity index (χ3n) is 11.6. The van der Waals surface area contributed by atoms with Crippen molar-refractivity contribution in [2.24, 2.45) is 46.3 Å². The Labute approximate surface area is 216 Å². The molecule has 3 fully saturated rings. The predicted molar refractivity (Wildman–Crippen MR) is 149 cm³/mol. The number of rotatable bonds is 7. The maximum atomic E-state index is 6.47. The van der Waals surface area contributed by atoms with Crippen LogP contribution in [0.4, 0.5) is 0 Å². The molecule has 35 heavy (non-hydrogen) atoms. The Bertz CT molecular complexity index is 896. The summed E-state index contributed by atoms with van der Waals surface area (Å²) in [5, 5.41) is 0. The molecule has 0 heterocycles. The molecule has 8 atom stereocenters. The molecule has 0 unspecified atom stereocenters. The van der Waals surface area contributed by atoms with Crippen LogP contribution in [0.3, 0.4) is 0 Å². The van der Waals surface area contributed by atoms with Crippen molar-refractivity contribution in [1.82, 2.24) is 0 Å². The minimum atomic E-state index is 0.352. The first-order valence-electron chi connectivity index (χ1n) is 15.1. The largest absolute Gasteiger partial charge is 0.490 e. The smallest absolute Gasteiger partial charge is 0.119 e. The van der Waals surface area contributed by atoms with Gasteiger partial charge in [-0.05, 0) is 110 Å². The molecule has 5 rings (SSSR count). The van der Waals surface area contributed by atoms with Crippen LogP contribution < -0.4 is 4.74 Å². The van der Waals surface area contributed by atoms with Gasteiger partial charge >= 0.3 is 0 Å². The number of ether oxygens (including phenoxy) is 1. The number of hydrogen-bond donors (Lipinski definition) is 0. The fraction of sp³-hybridized carbons (Fsp3) is 0.765. The second kappa shape index (κ2) is 9.90. The van der Waals surface area contributed by atoms with Crippen molar-refractivity contribution < 1.29 is 4.74 Å². The molecule has 0 aromatic heterocycles. The molecule has 0 saturated heterocycles. The van der Waals surface area contributed by atoms with Crippen LogP contribution in [0.5, 0.6) is 5.75 Å². The Morgan fingerprint density at radius 3 is 2.43 bits per heavy atom. The molecule has 0 N–H and O–H groups in total. The molecule has 4 aliphatic rings. The van der Waals surface area contributed by atoms with Gasteiger partial charge in [0.1, 0.15) is 11.9 Å². The summed E-state index contributed by atoms with van der Waals surface area (Å²) >= 11 is 0. The van der Waals surface area contributed by atoms with Crippen molar-refractivity contribution in [3.63, 3.8) is 0 Å². The van der Waals surface area contributed by atoms with Crippen LogP contribution in [0, 0.1) is 53.3 Å². The lowest BCUT2D eigenvalue weighted by atomic mass is 9.47. The highest BCUT2D eigenvalue weighted by Crippen LogP contribution is 2.67. The van der Waals surface area contributed by atoms with Crippen LogP contribution in [0.1, 0.15) is 111 Å². The summed E-state index contributed by atoms with van der Waals surface area (Å²) in [6.07, 6.45) is 18.3. The third-order valence-corrected chi connectivity index (χ3v) is 11.6. The summed E-state index contributed by atoms with van der Waals surface area (Å²) < 4.78 is 6.47. The number of aryl methyl sites for hydroxylation is 1. The number of allylic oxidation sites excluding steroid dienone is 1. The topological polar surface area (TPSA) is 9.23 Å².